The number of nitrogens with one attached hydrogen (secondary N) is 1. The van der Waals surface area contributed by atoms with Crippen LogP contribution in [-0.2, 0) is 9.59 Å². The first kappa shape index (κ1) is 13.3. The second kappa shape index (κ2) is 8.87. The van der Waals surface area contributed by atoms with Gasteiger partial charge >= 0.3 is 0 Å². The molecule has 14 heavy (non-hydrogen) atoms. The summed E-state index contributed by atoms with van der Waals surface area (Å²) >= 11 is 4.08. The third-order valence-electron chi connectivity index (χ3n) is 1.76. The molecule has 0 aromatic rings. The molecule has 0 radical (unpaired) electrons. The summed E-state index contributed by atoms with van der Waals surface area (Å²) in [5.74, 6) is 0.347. The van der Waals surface area contributed by atoms with Gasteiger partial charge in [0.05, 0.1) is 0 Å². The summed E-state index contributed by atoms with van der Waals surface area (Å²) in [5.41, 5.74) is 4.91. The smallest absolute Gasteiger partial charge is 0.220 e. The van der Waals surface area contributed by atoms with E-state index < -0.39 is 5.91 Å². The quantitative estimate of drug-likeness (QED) is 0.409. The zero-order valence-electron chi connectivity index (χ0n) is 8.29. The Morgan fingerprint density at radius 3 is 2.43 bits per heavy atom. The molecule has 0 unspecified atom stereocenters. The standard InChI is InChI=1S/C9H18N2O2S/c10-8(12)4-5-9(13)11-6-2-1-3-7-14/h14H,1-7H2,(H2,10,12)(H,11,13). The lowest BCUT2D eigenvalue weighted by molar-refractivity contribution is -0.125. The fraction of sp³-hybridized carbons (Fsp3) is 0.778. The Morgan fingerprint density at radius 1 is 1.14 bits per heavy atom. The van der Waals surface area contributed by atoms with Gasteiger partial charge in [-0.25, -0.2) is 0 Å². The third kappa shape index (κ3) is 9.38. The van der Waals surface area contributed by atoms with Gasteiger partial charge in [0.15, 0.2) is 0 Å². The first-order valence-electron chi connectivity index (χ1n) is 4.82. The molecule has 3 N–H and O–H groups in total. The van der Waals surface area contributed by atoms with Crippen LogP contribution < -0.4 is 11.1 Å². The predicted molar refractivity (Wildman–Crippen MR) is 59.1 cm³/mol. The topological polar surface area (TPSA) is 72.2 Å². The van der Waals surface area contributed by atoms with E-state index in [-0.39, 0.29) is 18.7 Å². The largest absolute Gasteiger partial charge is 0.370 e. The summed E-state index contributed by atoms with van der Waals surface area (Å²) in [6.07, 6.45) is 3.42. The van der Waals surface area contributed by atoms with Crippen molar-refractivity contribution in [3.8, 4) is 0 Å². The first-order valence-corrected chi connectivity index (χ1v) is 5.46. The summed E-state index contributed by atoms with van der Waals surface area (Å²) in [5, 5.41) is 2.73. The van der Waals surface area contributed by atoms with Crippen LogP contribution in [-0.4, -0.2) is 24.1 Å². The Hall–Kier alpha value is -0.710. The minimum Gasteiger partial charge on any atom is -0.370 e. The molecule has 0 aromatic carbocycles. The van der Waals surface area contributed by atoms with Gasteiger partial charge in [-0.15, -0.1) is 0 Å². The van der Waals surface area contributed by atoms with Crippen molar-refractivity contribution in [3.63, 3.8) is 0 Å². The highest BCUT2D eigenvalue weighted by atomic mass is 32.1. The molecule has 0 bridgehead atoms. The van der Waals surface area contributed by atoms with Gasteiger partial charge in [-0.2, -0.15) is 12.6 Å². The maximum atomic E-state index is 11.0. The number of hydrogen-bond acceptors (Lipinski definition) is 3. The number of hydrogen-bond donors (Lipinski definition) is 3. The van der Waals surface area contributed by atoms with Gasteiger partial charge in [-0.05, 0) is 18.6 Å². The number of carbonyl (C=O) groups is 2. The van der Waals surface area contributed by atoms with Crippen LogP contribution in [0.2, 0.25) is 0 Å². The maximum absolute atomic E-state index is 11.0. The van der Waals surface area contributed by atoms with Crippen molar-refractivity contribution in [2.24, 2.45) is 5.73 Å². The van der Waals surface area contributed by atoms with Crippen LogP contribution in [0.5, 0.6) is 0 Å². The van der Waals surface area contributed by atoms with Gasteiger partial charge < -0.3 is 11.1 Å². The Kier molecular flexibility index (Phi) is 8.42. The van der Waals surface area contributed by atoms with Gasteiger partial charge in [-0.1, -0.05) is 6.42 Å². The summed E-state index contributed by atoms with van der Waals surface area (Å²) < 4.78 is 0. The van der Waals surface area contributed by atoms with Crippen molar-refractivity contribution < 1.29 is 9.59 Å². The Balaban J connectivity index is 3.22. The van der Waals surface area contributed by atoms with E-state index in [0.29, 0.717) is 6.54 Å². The average Bonchev–Trinajstić information content (AvgIpc) is 2.14. The highest BCUT2D eigenvalue weighted by Gasteiger charge is 2.02. The van der Waals surface area contributed by atoms with Crippen LogP contribution in [0, 0.1) is 0 Å². The summed E-state index contributed by atoms with van der Waals surface area (Å²) in [6, 6.07) is 0. The van der Waals surface area contributed by atoms with Crippen LogP contribution in [0.4, 0.5) is 0 Å². The van der Waals surface area contributed by atoms with Gasteiger partial charge in [-0.3, -0.25) is 9.59 Å². The lowest BCUT2D eigenvalue weighted by Gasteiger charge is -2.03. The zero-order chi connectivity index (χ0) is 10.8. The van der Waals surface area contributed by atoms with E-state index in [2.05, 4.69) is 17.9 Å². The molecular formula is C9H18N2O2S. The molecule has 0 aliphatic heterocycles. The molecule has 0 atom stereocenters. The van der Waals surface area contributed by atoms with Crippen molar-refractivity contribution in [2.75, 3.05) is 12.3 Å². The number of amides is 2. The number of unbranched alkanes of at least 4 members (excludes halogenated alkanes) is 2. The van der Waals surface area contributed by atoms with Crippen LogP contribution in [0.3, 0.4) is 0 Å². The van der Waals surface area contributed by atoms with Gasteiger partial charge in [0.25, 0.3) is 0 Å². The number of carbonyl (C=O) groups excluding carboxylic acids is 2. The van der Waals surface area contributed by atoms with Crippen LogP contribution in [0.1, 0.15) is 32.1 Å². The van der Waals surface area contributed by atoms with E-state index in [1.807, 2.05) is 0 Å². The number of thiol groups is 1. The molecule has 0 spiro atoms. The molecule has 0 aliphatic carbocycles. The normalized spacial score (nSPS) is 9.79. The molecule has 0 rings (SSSR count). The lowest BCUT2D eigenvalue weighted by Crippen LogP contribution is -2.25. The average molecular weight is 218 g/mol. The highest BCUT2D eigenvalue weighted by molar-refractivity contribution is 7.80. The minimum absolute atomic E-state index is 0.102. The van der Waals surface area contributed by atoms with Crippen LogP contribution in [0.25, 0.3) is 0 Å². The molecule has 2 amide bonds. The monoisotopic (exact) mass is 218 g/mol. The summed E-state index contributed by atoms with van der Waals surface area (Å²) in [7, 11) is 0. The minimum atomic E-state index is -0.435. The van der Waals surface area contributed by atoms with Gasteiger partial charge in [0.2, 0.25) is 11.8 Å². The number of nitrogens with two attached hydrogens (primary N) is 1. The molecule has 0 heterocycles. The van der Waals surface area contributed by atoms with E-state index >= 15 is 0 Å². The fourth-order valence-electron chi connectivity index (χ4n) is 0.967. The van der Waals surface area contributed by atoms with E-state index in [4.69, 9.17) is 5.73 Å². The van der Waals surface area contributed by atoms with Crippen molar-refractivity contribution in [1.29, 1.82) is 0 Å². The predicted octanol–water partition coefficient (Wildman–Crippen LogP) is 0.468. The van der Waals surface area contributed by atoms with E-state index in [9.17, 15) is 9.59 Å². The van der Waals surface area contributed by atoms with Crippen molar-refractivity contribution in [1.82, 2.24) is 5.32 Å². The summed E-state index contributed by atoms with van der Waals surface area (Å²) in [4.78, 5) is 21.4. The molecule has 5 heteroatoms. The van der Waals surface area contributed by atoms with E-state index in [0.717, 1.165) is 25.0 Å². The molecule has 0 saturated carbocycles. The summed E-state index contributed by atoms with van der Waals surface area (Å²) in [6.45, 7) is 0.672. The highest BCUT2D eigenvalue weighted by Crippen LogP contribution is 1.95. The van der Waals surface area contributed by atoms with Crippen LogP contribution in [0.15, 0.2) is 0 Å². The molecule has 0 aromatic heterocycles. The maximum Gasteiger partial charge on any atom is 0.220 e. The van der Waals surface area contributed by atoms with Gasteiger partial charge in [0.1, 0.15) is 0 Å². The van der Waals surface area contributed by atoms with Crippen molar-refractivity contribution in [3.05, 3.63) is 0 Å². The Labute approximate surface area is 90.0 Å². The lowest BCUT2D eigenvalue weighted by atomic mass is 10.2. The van der Waals surface area contributed by atoms with Gasteiger partial charge in [0, 0.05) is 19.4 Å². The molecule has 0 aliphatic rings. The molecule has 4 nitrogen and oxygen atoms in total. The fourth-order valence-corrected chi connectivity index (χ4v) is 1.19. The SMILES string of the molecule is NC(=O)CCC(=O)NCCCCCS. The second-order valence-electron chi connectivity index (χ2n) is 3.10. The van der Waals surface area contributed by atoms with E-state index in [1.165, 1.54) is 0 Å². The Morgan fingerprint density at radius 2 is 1.86 bits per heavy atom. The third-order valence-corrected chi connectivity index (χ3v) is 2.07. The zero-order valence-corrected chi connectivity index (χ0v) is 9.19. The molecule has 0 saturated heterocycles. The van der Waals surface area contributed by atoms with Crippen LogP contribution >= 0.6 is 12.6 Å². The second-order valence-corrected chi connectivity index (χ2v) is 3.55. The molecule has 82 valence electrons. The number of primary amides is 1. The van der Waals surface area contributed by atoms with E-state index in [1.54, 1.807) is 0 Å². The Bertz CT molecular complexity index is 186. The molecule has 0 fully saturated rings. The molecular weight excluding hydrogens is 200 g/mol. The number of rotatable bonds is 8. The van der Waals surface area contributed by atoms with Crippen molar-refractivity contribution >= 4 is 24.4 Å². The first-order chi connectivity index (χ1) is 6.66. The van der Waals surface area contributed by atoms with Crippen molar-refractivity contribution in [2.45, 2.75) is 32.1 Å².